The van der Waals surface area contributed by atoms with Crippen LogP contribution in [0.3, 0.4) is 0 Å². The van der Waals surface area contributed by atoms with Crippen molar-refractivity contribution in [2.45, 2.75) is 83.8 Å². The van der Waals surface area contributed by atoms with Gasteiger partial charge in [-0.2, -0.15) is 0 Å². The van der Waals surface area contributed by atoms with Crippen molar-refractivity contribution in [2.75, 3.05) is 5.32 Å². The minimum Gasteiger partial charge on any atom is -0.481 e. The quantitative estimate of drug-likeness (QED) is 0.436. The minimum absolute atomic E-state index is 0.129. The predicted octanol–water partition coefficient (Wildman–Crippen LogP) is 6.63. The van der Waals surface area contributed by atoms with Crippen molar-refractivity contribution in [3.63, 3.8) is 0 Å². The molecule has 1 saturated carbocycles. The first-order chi connectivity index (χ1) is 15.6. The van der Waals surface area contributed by atoms with E-state index in [0.29, 0.717) is 11.8 Å². The Balaban J connectivity index is 1.45. The van der Waals surface area contributed by atoms with Crippen LogP contribution in [0.4, 0.5) is 5.69 Å². The number of aryl methyl sites for hydroxylation is 1. The molecule has 2 unspecified atom stereocenters. The van der Waals surface area contributed by atoms with Gasteiger partial charge in [-0.05, 0) is 78.7 Å². The molecule has 2 aromatic carbocycles. The third-order valence-corrected chi connectivity index (χ3v) is 7.63. The number of hydrogen-bond donors (Lipinski definition) is 3. The first-order valence-corrected chi connectivity index (χ1v) is 12.5. The van der Waals surface area contributed by atoms with Crippen LogP contribution in [0.2, 0.25) is 0 Å². The van der Waals surface area contributed by atoms with E-state index in [0.717, 1.165) is 38.6 Å². The fourth-order valence-corrected chi connectivity index (χ4v) is 5.58. The standard InChI is InChI=1S/C28H38N2O2/c1-3-5-6-25(21-10-14-23(15-11-21)28(31)32)20-8-12-22(13-9-20)27-29-18-24-17-19(4-2)7-16-26(24)30-27/h7-9,12-13,16-17,21,23,25,27,29-30H,3-6,10-11,14-15,18H2,1-2H3,(H,31,32). The SMILES string of the molecule is CCCCC(c1ccc(C2NCc3cc(CC)ccc3N2)cc1)C1CCC(C(=O)O)CC1. The fraction of sp³-hybridized carbons (Fsp3) is 0.536. The lowest BCUT2D eigenvalue weighted by Gasteiger charge is -2.33. The van der Waals surface area contributed by atoms with Crippen LogP contribution in [0.25, 0.3) is 0 Å². The van der Waals surface area contributed by atoms with Gasteiger partial charge in [0.2, 0.25) is 0 Å². The van der Waals surface area contributed by atoms with Gasteiger partial charge in [-0.3, -0.25) is 10.1 Å². The maximum atomic E-state index is 11.4. The lowest BCUT2D eigenvalue weighted by atomic mass is 9.72. The van der Waals surface area contributed by atoms with Crippen LogP contribution in [0, 0.1) is 11.8 Å². The highest BCUT2D eigenvalue weighted by Gasteiger charge is 2.31. The van der Waals surface area contributed by atoms with Crippen molar-refractivity contribution in [1.82, 2.24) is 5.32 Å². The molecule has 1 aliphatic carbocycles. The van der Waals surface area contributed by atoms with E-state index < -0.39 is 5.97 Å². The number of carboxylic acids is 1. The van der Waals surface area contributed by atoms with E-state index in [4.69, 9.17) is 0 Å². The van der Waals surface area contributed by atoms with Crippen LogP contribution >= 0.6 is 0 Å². The van der Waals surface area contributed by atoms with E-state index >= 15 is 0 Å². The van der Waals surface area contributed by atoms with E-state index in [9.17, 15) is 9.90 Å². The Morgan fingerprint density at radius 2 is 1.81 bits per heavy atom. The second kappa shape index (κ2) is 10.5. The molecule has 1 aliphatic heterocycles. The average Bonchev–Trinajstić information content (AvgIpc) is 2.84. The molecule has 0 bridgehead atoms. The van der Waals surface area contributed by atoms with E-state index in [-0.39, 0.29) is 12.1 Å². The molecule has 0 amide bonds. The largest absolute Gasteiger partial charge is 0.481 e. The highest BCUT2D eigenvalue weighted by Crippen LogP contribution is 2.41. The molecule has 0 saturated heterocycles. The first kappa shape index (κ1) is 22.8. The molecule has 4 heteroatoms. The van der Waals surface area contributed by atoms with Gasteiger partial charge in [0.25, 0.3) is 0 Å². The van der Waals surface area contributed by atoms with Crippen LogP contribution < -0.4 is 10.6 Å². The number of hydrogen-bond acceptors (Lipinski definition) is 3. The van der Waals surface area contributed by atoms with Crippen LogP contribution in [-0.4, -0.2) is 11.1 Å². The van der Waals surface area contributed by atoms with Gasteiger partial charge in [0.15, 0.2) is 0 Å². The predicted molar refractivity (Wildman–Crippen MR) is 131 cm³/mol. The van der Waals surface area contributed by atoms with Gasteiger partial charge in [0.1, 0.15) is 6.17 Å². The molecule has 2 aliphatic rings. The molecule has 2 atom stereocenters. The number of aliphatic carboxylic acids is 1. The zero-order chi connectivity index (χ0) is 22.5. The average molecular weight is 435 g/mol. The Morgan fingerprint density at radius 1 is 1.06 bits per heavy atom. The number of nitrogens with one attached hydrogen (secondary N) is 2. The topological polar surface area (TPSA) is 61.4 Å². The molecule has 3 N–H and O–H groups in total. The van der Waals surface area contributed by atoms with Crippen molar-refractivity contribution in [1.29, 1.82) is 0 Å². The molecule has 4 rings (SSSR count). The molecule has 0 radical (unpaired) electrons. The molecule has 1 heterocycles. The number of fused-ring (bicyclic) bond motifs is 1. The summed E-state index contributed by atoms with van der Waals surface area (Å²) in [7, 11) is 0. The van der Waals surface area contributed by atoms with E-state index in [1.54, 1.807) is 0 Å². The zero-order valence-electron chi connectivity index (χ0n) is 19.6. The summed E-state index contributed by atoms with van der Waals surface area (Å²) in [6, 6.07) is 15.9. The summed E-state index contributed by atoms with van der Waals surface area (Å²) in [5.41, 5.74) is 6.64. The smallest absolute Gasteiger partial charge is 0.306 e. The summed E-state index contributed by atoms with van der Waals surface area (Å²) < 4.78 is 0. The summed E-state index contributed by atoms with van der Waals surface area (Å²) in [6.45, 7) is 5.33. The second-order valence-electron chi connectivity index (χ2n) is 9.67. The normalized spacial score (nSPS) is 23.8. The lowest BCUT2D eigenvalue weighted by Crippen LogP contribution is -2.32. The van der Waals surface area contributed by atoms with Crippen molar-refractivity contribution < 1.29 is 9.90 Å². The Kier molecular flexibility index (Phi) is 7.51. The number of rotatable bonds is 8. The van der Waals surface area contributed by atoms with Crippen molar-refractivity contribution in [3.05, 3.63) is 64.7 Å². The number of anilines is 1. The molecule has 0 spiro atoms. The molecule has 4 nitrogen and oxygen atoms in total. The Morgan fingerprint density at radius 3 is 2.47 bits per heavy atom. The van der Waals surface area contributed by atoms with Gasteiger partial charge in [-0.1, -0.05) is 63.1 Å². The van der Waals surface area contributed by atoms with Crippen LogP contribution in [0.15, 0.2) is 42.5 Å². The van der Waals surface area contributed by atoms with Crippen molar-refractivity contribution in [3.8, 4) is 0 Å². The summed E-state index contributed by atoms with van der Waals surface area (Å²) in [6.07, 6.45) is 8.56. The van der Waals surface area contributed by atoms with E-state index in [1.807, 2.05) is 0 Å². The van der Waals surface area contributed by atoms with Crippen molar-refractivity contribution in [2.24, 2.45) is 11.8 Å². The number of carbonyl (C=O) groups is 1. The molecular weight excluding hydrogens is 396 g/mol. The number of unbranched alkanes of at least 4 members (excludes halogenated alkanes) is 1. The Labute approximate surface area is 192 Å². The summed E-state index contributed by atoms with van der Waals surface area (Å²) >= 11 is 0. The highest BCUT2D eigenvalue weighted by atomic mass is 16.4. The van der Waals surface area contributed by atoms with Gasteiger partial charge in [0.05, 0.1) is 5.92 Å². The number of carboxylic acid groups (broad SMARTS) is 1. The van der Waals surface area contributed by atoms with Gasteiger partial charge in [-0.15, -0.1) is 0 Å². The van der Waals surface area contributed by atoms with Crippen LogP contribution in [-0.2, 0) is 17.8 Å². The Hall–Kier alpha value is -2.33. The Bertz CT molecular complexity index is 900. The second-order valence-corrected chi connectivity index (χ2v) is 9.67. The number of benzene rings is 2. The van der Waals surface area contributed by atoms with Crippen LogP contribution in [0.1, 0.15) is 93.1 Å². The third kappa shape index (κ3) is 5.17. The molecule has 32 heavy (non-hydrogen) atoms. The minimum atomic E-state index is -0.613. The lowest BCUT2D eigenvalue weighted by molar-refractivity contribution is -0.143. The van der Waals surface area contributed by atoms with E-state index in [1.165, 1.54) is 47.2 Å². The molecule has 0 aromatic heterocycles. The summed E-state index contributed by atoms with van der Waals surface area (Å²) in [5, 5.41) is 16.6. The molecule has 2 aromatic rings. The summed E-state index contributed by atoms with van der Waals surface area (Å²) in [5.74, 6) is 0.394. The molecule has 172 valence electrons. The van der Waals surface area contributed by atoms with Gasteiger partial charge >= 0.3 is 5.97 Å². The first-order valence-electron chi connectivity index (χ1n) is 12.5. The van der Waals surface area contributed by atoms with Crippen molar-refractivity contribution >= 4 is 11.7 Å². The third-order valence-electron chi connectivity index (χ3n) is 7.63. The van der Waals surface area contributed by atoms with E-state index in [2.05, 4.69) is 66.9 Å². The zero-order valence-corrected chi connectivity index (χ0v) is 19.6. The maximum absolute atomic E-state index is 11.4. The monoisotopic (exact) mass is 434 g/mol. The van der Waals surface area contributed by atoms with Gasteiger partial charge < -0.3 is 10.4 Å². The van der Waals surface area contributed by atoms with Gasteiger partial charge in [0, 0.05) is 12.2 Å². The van der Waals surface area contributed by atoms with Crippen LogP contribution in [0.5, 0.6) is 0 Å². The summed E-state index contributed by atoms with van der Waals surface area (Å²) in [4.78, 5) is 11.4. The highest BCUT2D eigenvalue weighted by molar-refractivity contribution is 5.70. The molecule has 1 fully saturated rings. The fourth-order valence-electron chi connectivity index (χ4n) is 5.58. The van der Waals surface area contributed by atoms with Gasteiger partial charge in [-0.25, -0.2) is 0 Å². The maximum Gasteiger partial charge on any atom is 0.306 e. The molecular formula is C28H38N2O2.